The Balaban J connectivity index is 1.71. The summed E-state index contributed by atoms with van der Waals surface area (Å²) in [5, 5.41) is 4.70. The van der Waals surface area contributed by atoms with Crippen LogP contribution in [0.5, 0.6) is 11.5 Å². The number of pyridine rings is 1. The quantitative estimate of drug-likeness (QED) is 0.348. The number of nitrogens with zero attached hydrogens (tertiary/aromatic N) is 2. The van der Waals surface area contributed by atoms with Gasteiger partial charge in [-0.25, -0.2) is 5.43 Å². The normalized spacial score (nSPS) is 10.8. The lowest BCUT2D eigenvalue weighted by Gasteiger charge is -2.14. The average molecular weight is 489 g/mol. The number of carbonyl (C=O) groups is 1. The first kappa shape index (κ1) is 21.8. The average Bonchev–Trinajstić information content (AvgIpc) is 2.76. The Morgan fingerprint density at radius 2 is 1.83 bits per heavy atom. The third-order valence-electron chi connectivity index (χ3n) is 3.98. The van der Waals surface area contributed by atoms with Crippen molar-refractivity contribution < 1.29 is 14.3 Å². The summed E-state index contributed by atoms with van der Waals surface area (Å²) in [6.07, 6.45) is 4.63. The Kier molecular flexibility index (Phi) is 7.82. The van der Waals surface area contributed by atoms with Crippen molar-refractivity contribution in [1.29, 1.82) is 0 Å². The fraction of sp³-hybridized carbons (Fsp3) is 0.136. The number of rotatable bonds is 8. The summed E-state index contributed by atoms with van der Waals surface area (Å²) in [5.74, 6) is 0.853. The Morgan fingerprint density at radius 3 is 2.53 bits per heavy atom. The van der Waals surface area contributed by atoms with E-state index in [2.05, 4.69) is 31.4 Å². The number of amides is 1. The molecule has 0 saturated carbocycles. The van der Waals surface area contributed by atoms with Gasteiger partial charge in [-0.2, -0.15) is 5.10 Å². The molecule has 0 unspecified atom stereocenters. The Bertz CT molecular complexity index is 1030. The van der Waals surface area contributed by atoms with Crippen LogP contribution < -0.4 is 14.9 Å². The minimum absolute atomic E-state index is 0.322. The van der Waals surface area contributed by atoms with E-state index in [1.54, 1.807) is 30.6 Å². The number of hydrazone groups is 1. The number of hydrogen-bond donors (Lipinski definition) is 1. The van der Waals surface area contributed by atoms with Gasteiger partial charge in [0.2, 0.25) is 0 Å². The van der Waals surface area contributed by atoms with Crippen molar-refractivity contribution in [1.82, 2.24) is 10.4 Å². The predicted octanol–water partition coefficient (Wildman–Crippen LogP) is 5.24. The minimum atomic E-state index is -0.322. The van der Waals surface area contributed by atoms with Gasteiger partial charge in [-0.3, -0.25) is 9.78 Å². The van der Waals surface area contributed by atoms with Gasteiger partial charge < -0.3 is 9.47 Å². The summed E-state index contributed by atoms with van der Waals surface area (Å²) in [6.45, 7) is 2.75. The highest BCUT2D eigenvalue weighted by Gasteiger charge is 2.11. The molecule has 6 nitrogen and oxygen atoms in total. The highest BCUT2D eigenvalue weighted by molar-refractivity contribution is 9.10. The summed E-state index contributed by atoms with van der Waals surface area (Å²) in [7, 11) is 0. The maximum atomic E-state index is 12.1. The highest BCUT2D eigenvalue weighted by atomic mass is 79.9. The van der Waals surface area contributed by atoms with Crippen molar-refractivity contribution in [2.75, 3.05) is 6.61 Å². The number of nitrogens with one attached hydrogen (secondary N) is 1. The molecule has 0 fully saturated rings. The lowest BCUT2D eigenvalue weighted by atomic mass is 10.2. The maximum absolute atomic E-state index is 12.1. The lowest BCUT2D eigenvalue weighted by molar-refractivity contribution is 0.0955. The van der Waals surface area contributed by atoms with Gasteiger partial charge >= 0.3 is 0 Å². The number of carbonyl (C=O) groups excluding carboxylic acids is 1. The third-order valence-corrected chi connectivity index (χ3v) is 4.92. The van der Waals surface area contributed by atoms with Gasteiger partial charge in [0, 0.05) is 33.0 Å². The molecule has 1 N–H and O–H groups in total. The van der Waals surface area contributed by atoms with Gasteiger partial charge in [-0.05, 0) is 64.8 Å². The fourth-order valence-electron chi connectivity index (χ4n) is 2.50. The largest absolute Gasteiger partial charge is 0.490 e. The molecule has 1 amide bonds. The van der Waals surface area contributed by atoms with Crippen LogP contribution in [0.15, 0.2) is 70.5 Å². The molecule has 0 atom stereocenters. The second-order valence-corrected chi connectivity index (χ2v) is 7.39. The Morgan fingerprint density at radius 1 is 1.13 bits per heavy atom. The zero-order chi connectivity index (χ0) is 21.3. The molecule has 0 aliphatic carbocycles. The Labute approximate surface area is 188 Å². The molecule has 154 valence electrons. The molecular weight excluding hydrogens is 470 g/mol. The zero-order valence-electron chi connectivity index (χ0n) is 16.1. The predicted molar refractivity (Wildman–Crippen MR) is 120 cm³/mol. The smallest absolute Gasteiger partial charge is 0.271 e. The van der Waals surface area contributed by atoms with E-state index in [0.29, 0.717) is 35.3 Å². The second-order valence-electron chi connectivity index (χ2n) is 6.10. The van der Waals surface area contributed by atoms with Crippen LogP contribution in [0.1, 0.15) is 28.4 Å². The monoisotopic (exact) mass is 487 g/mol. The van der Waals surface area contributed by atoms with Crippen LogP contribution in [-0.4, -0.2) is 23.7 Å². The molecule has 0 spiro atoms. The van der Waals surface area contributed by atoms with E-state index < -0.39 is 0 Å². The van der Waals surface area contributed by atoms with Crippen LogP contribution in [0.2, 0.25) is 5.02 Å². The minimum Gasteiger partial charge on any atom is -0.490 e. The van der Waals surface area contributed by atoms with E-state index in [9.17, 15) is 4.79 Å². The summed E-state index contributed by atoms with van der Waals surface area (Å²) in [6, 6.07) is 14.3. The highest BCUT2D eigenvalue weighted by Crippen LogP contribution is 2.34. The van der Waals surface area contributed by atoms with Gasteiger partial charge in [0.25, 0.3) is 5.91 Å². The van der Waals surface area contributed by atoms with Crippen molar-refractivity contribution in [2.45, 2.75) is 13.5 Å². The molecule has 0 saturated heterocycles. The standard InChI is InChI=1S/C22H19BrClN3O3/c1-2-29-20-11-17(13-26-27-22(28)16-7-9-25-10-8-16)19(23)12-21(20)30-14-15-3-5-18(24)6-4-15/h3-13H,2,14H2,1H3,(H,27,28)/b26-13-. The molecule has 8 heteroatoms. The molecule has 1 heterocycles. The van der Waals surface area contributed by atoms with Crippen molar-refractivity contribution in [3.8, 4) is 11.5 Å². The molecule has 3 rings (SSSR count). The van der Waals surface area contributed by atoms with Crippen molar-refractivity contribution in [3.05, 3.63) is 87.1 Å². The fourth-order valence-corrected chi connectivity index (χ4v) is 3.05. The molecule has 0 aliphatic rings. The number of hydrogen-bond acceptors (Lipinski definition) is 5. The first-order chi connectivity index (χ1) is 14.6. The molecule has 0 aliphatic heterocycles. The summed E-state index contributed by atoms with van der Waals surface area (Å²) >= 11 is 9.44. The first-order valence-electron chi connectivity index (χ1n) is 9.14. The van der Waals surface area contributed by atoms with Crippen LogP contribution in [0.25, 0.3) is 0 Å². The molecule has 0 radical (unpaired) electrons. The van der Waals surface area contributed by atoms with E-state index in [1.165, 1.54) is 6.21 Å². The summed E-state index contributed by atoms with van der Waals surface area (Å²) in [5.41, 5.74) is 4.68. The first-order valence-corrected chi connectivity index (χ1v) is 10.3. The molecule has 1 aromatic heterocycles. The van der Waals surface area contributed by atoms with Crippen molar-refractivity contribution in [3.63, 3.8) is 0 Å². The van der Waals surface area contributed by atoms with Gasteiger partial charge in [0.15, 0.2) is 11.5 Å². The van der Waals surface area contributed by atoms with Gasteiger partial charge in [0.05, 0.1) is 12.8 Å². The van der Waals surface area contributed by atoms with E-state index in [0.717, 1.165) is 15.6 Å². The van der Waals surface area contributed by atoms with Crippen LogP contribution in [0.3, 0.4) is 0 Å². The van der Waals surface area contributed by atoms with E-state index in [1.807, 2.05) is 37.3 Å². The Hall–Kier alpha value is -2.90. The molecule has 3 aromatic rings. The van der Waals surface area contributed by atoms with Gasteiger partial charge in [0.1, 0.15) is 6.61 Å². The lowest BCUT2D eigenvalue weighted by Crippen LogP contribution is -2.17. The second kappa shape index (κ2) is 10.8. The number of halogens is 2. The summed E-state index contributed by atoms with van der Waals surface area (Å²) < 4.78 is 12.4. The van der Waals surface area contributed by atoms with Crippen LogP contribution in [-0.2, 0) is 6.61 Å². The number of benzene rings is 2. The molecule has 2 aromatic carbocycles. The molecular formula is C22H19BrClN3O3. The number of aromatic nitrogens is 1. The van der Waals surface area contributed by atoms with Crippen molar-refractivity contribution >= 4 is 39.7 Å². The zero-order valence-corrected chi connectivity index (χ0v) is 18.5. The van der Waals surface area contributed by atoms with E-state index in [4.69, 9.17) is 21.1 Å². The van der Waals surface area contributed by atoms with Crippen LogP contribution in [0, 0.1) is 0 Å². The van der Waals surface area contributed by atoms with E-state index in [-0.39, 0.29) is 5.91 Å². The van der Waals surface area contributed by atoms with Gasteiger partial charge in [-0.15, -0.1) is 0 Å². The van der Waals surface area contributed by atoms with Crippen LogP contribution >= 0.6 is 27.5 Å². The molecule has 0 bridgehead atoms. The molecule has 30 heavy (non-hydrogen) atoms. The number of ether oxygens (including phenoxy) is 2. The van der Waals surface area contributed by atoms with E-state index >= 15 is 0 Å². The SMILES string of the molecule is CCOc1cc(/C=N\NC(=O)c2ccncc2)c(Br)cc1OCc1ccc(Cl)cc1. The maximum Gasteiger partial charge on any atom is 0.271 e. The topological polar surface area (TPSA) is 72.8 Å². The summed E-state index contributed by atoms with van der Waals surface area (Å²) in [4.78, 5) is 16.0. The van der Waals surface area contributed by atoms with Gasteiger partial charge in [-0.1, -0.05) is 23.7 Å². The van der Waals surface area contributed by atoms with Crippen LogP contribution in [0.4, 0.5) is 0 Å². The third kappa shape index (κ3) is 6.05. The van der Waals surface area contributed by atoms with Crippen molar-refractivity contribution in [2.24, 2.45) is 5.10 Å².